The van der Waals surface area contributed by atoms with Gasteiger partial charge in [-0.15, -0.1) is 0 Å². The van der Waals surface area contributed by atoms with Crippen molar-refractivity contribution < 1.29 is 38.6 Å². The van der Waals surface area contributed by atoms with Crippen molar-refractivity contribution in [3.05, 3.63) is 65.7 Å². The maximum Gasteiger partial charge on any atom is 0.326 e. The lowest BCUT2D eigenvalue weighted by Crippen LogP contribution is -2.54. The third-order valence-electron chi connectivity index (χ3n) is 6.10. The van der Waals surface area contributed by atoms with Crippen molar-refractivity contribution in [2.24, 2.45) is 11.7 Å². The molecule has 7 N–H and O–H groups in total. The molecule has 13 nitrogen and oxygen atoms in total. The van der Waals surface area contributed by atoms with E-state index in [1.165, 1.54) is 6.92 Å². The largest absolute Gasteiger partial charge is 0.480 e. The highest BCUT2D eigenvalue weighted by atomic mass is 16.5. The Kier molecular flexibility index (Phi) is 13.8. The number of benzene rings is 2. The summed E-state index contributed by atoms with van der Waals surface area (Å²) in [4.78, 5) is 72.9. The fraction of sp³-hybridized carbons (Fsp3) is 0.400. The van der Waals surface area contributed by atoms with E-state index in [-0.39, 0.29) is 25.2 Å². The number of carboxylic acids is 1. The number of carbonyl (C=O) groups is 6. The molecular formula is C30H39N5O8. The Labute approximate surface area is 249 Å². The Balaban J connectivity index is 1.87. The molecule has 0 fully saturated rings. The summed E-state index contributed by atoms with van der Waals surface area (Å²) < 4.78 is 4.96. The molecule has 0 bridgehead atoms. The molecule has 2 rings (SSSR count). The molecule has 0 saturated heterocycles. The second-order valence-corrected chi connectivity index (χ2v) is 10.4. The highest BCUT2D eigenvalue weighted by Crippen LogP contribution is 2.13. The number of hydrogen-bond donors (Lipinski definition) is 6. The zero-order valence-corrected chi connectivity index (χ0v) is 24.4. The van der Waals surface area contributed by atoms with Crippen LogP contribution in [0, 0.1) is 5.92 Å². The van der Waals surface area contributed by atoms with Crippen LogP contribution >= 0.6 is 0 Å². The minimum absolute atomic E-state index is 0.00840. The van der Waals surface area contributed by atoms with Crippen molar-refractivity contribution in [2.45, 2.75) is 58.2 Å². The molecule has 0 aliphatic carbocycles. The molecule has 232 valence electrons. The number of carboxylic acid groups (broad SMARTS) is 1. The van der Waals surface area contributed by atoms with Crippen LogP contribution in [0.3, 0.4) is 0 Å². The molecule has 13 heteroatoms. The van der Waals surface area contributed by atoms with Gasteiger partial charge in [-0.1, -0.05) is 56.3 Å². The lowest BCUT2D eigenvalue weighted by Gasteiger charge is -2.22. The van der Waals surface area contributed by atoms with Gasteiger partial charge in [-0.05, 0) is 42.0 Å². The molecule has 43 heavy (non-hydrogen) atoms. The number of esters is 1. The maximum atomic E-state index is 13.0. The first-order valence-corrected chi connectivity index (χ1v) is 13.8. The number of hydrogen-bond acceptors (Lipinski definition) is 8. The van der Waals surface area contributed by atoms with E-state index < -0.39 is 66.8 Å². The van der Waals surface area contributed by atoms with Crippen molar-refractivity contribution in [1.29, 1.82) is 0 Å². The van der Waals surface area contributed by atoms with Gasteiger partial charge >= 0.3 is 11.9 Å². The number of rotatable bonds is 16. The van der Waals surface area contributed by atoms with Gasteiger partial charge in [-0.25, -0.2) is 4.79 Å². The molecule has 4 amide bonds. The molecule has 0 aliphatic rings. The first kappa shape index (κ1) is 34.4. The summed E-state index contributed by atoms with van der Waals surface area (Å²) in [5, 5.41) is 19.3. The third kappa shape index (κ3) is 13.2. The molecule has 0 aliphatic heterocycles. The smallest absolute Gasteiger partial charge is 0.326 e. The van der Waals surface area contributed by atoms with Crippen molar-refractivity contribution in [3.63, 3.8) is 0 Å². The van der Waals surface area contributed by atoms with Gasteiger partial charge in [0, 0.05) is 13.3 Å². The summed E-state index contributed by atoms with van der Waals surface area (Å²) in [7, 11) is 0. The summed E-state index contributed by atoms with van der Waals surface area (Å²) in [6.07, 6.45) is 0.475. The monoisotopic (exact) mass is 597 g/mol. The quantitative estimate of drug-likeness (QED) is 0.114. The number of nitrogens with two attached hydrogens (primary N) is 1. The number of nitrogens with one attached hydrogen (secondary N) is 4. The van der Waals surface area contributed by atoms with E-state index in [1.54, 1.807) is 54.6 Å². The Bertz CT molecular complexity index is 1270. The minimum Gasteiger partial charge on any atom is -0.480 e. The van der Waals surface area contributed by atoms with Gasteiger partial charge in [-0.3, -0.25) is 24.0 Å². The molecule has 3 unspecified atom stereocenters. The minimum atomic E-state index is -1.18. The van der Waals surface area contributed by atoms with Gasteiger partial charge in [0.2, 0.25) is 23.6 Å². The standard InChI is InChI=1S/C30H39N5O8/c1-18(2)13-25(30(41)42)35-29(40)24(15-20-7-5-4-6-8-20)34-27(38)17-32-26(37)16-33-28(39)23(31)14-21-9-11-22(12-10-21)43-19(3)36/h4-12,18,23-25H,13-17,31H2,1-3H3,(H,32,37)(H,33,39)(H,34,38)(H,35,40)(H,41,42). The van der Waals surface area contributed by atoms with Crippen LogP contribution < -0.4 is 31.7 Å². The van der Waals surface area contributed by atoms with Crippen LogP contribution in [0.2, 0.25) is 0 Å². The van der Waals surface area contributed by atoms with Crippen molar-refractivity contribution >= 4 is 35.6 Å². The zero-order chi connectivity index (χ0) is 31.9. The average Bonchev–Trinajstić information content (AvgIpc) is 2.95. The van der Waals surface area contributed by atoms with E-state index in [9.17, 15) is 33.9 Å². The Morgan fingerprint density at radius 1 is 0.767 bits per heavy atom. The lowest BCUT2D eigenvalue weighted by atomic mass is 10.0. The normalized spacial score (nSPS) is 12.8. The van der Waals surface area contributed by atoms with Crippen LogP contribution in [0.15, 0.2) is 54.6 Å². The van der Waals surface area contributed by atoms with Crippen LogP contribution in [-0.2, 0) is 41.6 Å². The average molecular weight is 598 g/mol. The molecule has 0 saturated carbocycles. The number of ether oxygens (including phenoxy) is 1. The summed E-state index contributed by atoms with van der Waals surface area (Å²) in [6, 6.07) is 12.2. The highest BCUT2D eigenvalue weighted by Gasteiger charge is 2.27. The summed E-state index contributed by atoms with van der Waals surface area (Å²) in [5.74, 6) is -3.86. The van der Waals surface area contributed by atoms with E-state index in [2.05, 4.69) is 21.3 Å². The number of carbonyl (C=O) groups excluding carboxylic acids is 5. The molecule has 0 aromatic heterocycles. The molecule has 2 aromatic carbocycles. The fourth-order valence-corrected chi connectivity index (χ4v) is 4.02. The maximum absolute atomic E-state index is 13.0. The first-order chi connectivity index (χ1) is 20.3. The topological polar surface area (TPSA) is 206 Å². The predicted molar refractivity (Wildman–Crippen MR) is 157 cm³/mol. The van der Waals surface area contributed by atoms with E-state index in [4.69, 9.17) is 10.5 Å². The van der Waals surface area contributed by atoms with Crippen LogP contribution in [0.1, 0.15) is 38.3 Å². The summed E-state index contributed by atoms with van der Waals surface area (Å²) >= 11 is 0. The lowest BCUT2D eigenvalue weighted by molar-refractivity contribution is -0.142. The molecular weight excluding hydrogens is 558 g/mol. The molecule has 0 spiro atoms. The van der Waals surface area contributed by atoms with Gasteiger partial charge < -0.3 is 36.8 Å². The number of aliphatic carboxylic acids is 1. The highest BCUT2D eigenvalue weighted by molar-refractivity contribution is 5.93. The van der Waals surface area contributed by atoms with Crippen molar-refractivity contribution in [2.75, 3.05) is 13.1 Å². The van der Waals surface area contributed by atoms with E-state index >= 15 is 0 Å². The second kappa shape index (κ2) is 17.2. The summed E-state index contributed by atoms with van der Waals surface area (Å²) in [6.45, 7) is 4.02. The molecule has 2 aromatic rings. The predicted octanol–water partition coefficient (Wildman–Crippen LogP) is 0.0571. The van der Waals surface area contributed by atoms with Crippen LogP contribution in [-0.4, -0.2) is 71.9 Å². The van der Waals surface area contributed by atoms with Gasteiger partial charge in [0.25, 0.3) is 0 Å². The third-order valence-corrected chi connectivity index (χ3v) is 6.10. The Morgan fingerprint density at radius 3 is 1.95 bits per heavy atom. The van der Waals surface area contributed by atoms with E-state index in [0.717, 1.165) is 5.56 Å². The molecule has 3 atom stereocenters. The first-order valence-electron chi connectivity index (χ1n) is 13.8. The van der Waals surface area contributed by atoms with Gasteiger partial charge in [0.1, 0.15) is 17.8 Å². The van der Waals surface area contributed by atoms with Crippen LogP contribution in [0.4, 0.5) is 0 Å². The molecule has 0 radical (unpaired) electrons. The second-order valence-electron chi connectivity index (χ2n) is 10.4. The van der Waals surface area contributed by atoms with Crippen molar-refractivity contribution in [3.8, 4) is 5.75 Å². The molecule has 0 heterocycles. The SMILES string of the molecule is CC(=O)Oc1ccc(CC(N)C(=O)NCC(=O)NCC(=O)NC(Cc2ccccc2)C(=O)NC(CC(C)C)C(=O)O)cc1. The van der Waals surface area contributed by atoms with E-state index in [1.807, 2.05) is 13.8 Å². The Morgan fingerprint density at radius 2 is 1.37 bits per heavy atom. The van der Waals surface area contributed by atoms with Gasteiger partial charge in [-0.2, -0.15) is 0 Å². The van der Waals surface area contributed by atoms with Gasteiger partial charge in [0.05, 0.1) is 19.1 Å². The van der Waals surface area contributed by atoms with Crippen LogP contribution in [0.25, 0.3) is 0 Å². The Hall–Kier alpha value is -4.78. The zero-order valence-electron chi connectivity index (χ0n) is 24.4. The van der Waals surface area contributed by atoms with E-state index in [0.29, 0.717) is 11.3 Å². The summed E-state index contributed by atoms with van der Waals surface area (Å²) in [5.41, 5.74) is 7.39. The van der Waals surface area contributed by atoms with Gasteiger partial charge in [0.15, 0.2) is 0 Å². The number of amides is 4. The fourth-order valence-electron chi connectivity index (χ4n) is 4.02. The van der Waals surface area contributed by atoms with Crippen LogP contribution in [0.5, 0.6) is 5.75 Å². The van der Waals surface area contributed by atoms with Crippen molar-refractivity contribution in [1.82, 2.24) is 21.3 Å².